The first-order valence-electron chi connectivity index (χ1n) is 8.22. The molecular formula is C18H18FN5O. The van der Waals surface area contributed by atoms with Crippen molar-refractivity contribution in [3.8, 4) is 5.69 Å². The Hall–Kier alpha value is -2.96. The van der Waals surface area contributed by atoms with Gasteiger partial charge in [-0.05, 0) is 31.5 Å². The van der Waals surface area contributed by atoms with Gasteiger partial charge in [-0.25, -0.2) is 18.9 Å². The van der Waals surface area contributed by atoms with Gasteiger partial charge in [0.1, 0.15) is 6.17 Å². The fourth-order valence-corrected chi connectivity index (χ4v) is 3.07. The molecule has 3 aromatic rings. The van der Waals surface area contributed by atoms with E-state index in [1.165, 1.54) is 4.90 Å². The Morgan fingerprint density at radius 1 is 1.32 bits per heavy atom. The van der Waals surface area contributed by atoms with Gasteiger partial charge in [0.05, 0.1) is 29.8 Å². The number of nitrogens with zero attached hydrogens (tertiary/aromatic N) is 4. The molecule has 1 N–H and O–H groups in total. The van der Waals surface area contributed by atoms with Gasteiger partial charge in [0.15, 0.2) is 5.65 Å². The highest BCUT2D eigenvalue weighted by Crippen LogP contribution is 2.23. The van der Waals surface area contributed by atoms with Gasteiger partial charge in [-0.15, -0.1) is 0 Å². The lowest BCUT2D eigenvalue weighted by Crippen LogP contribution is -2.33. The van der Waals surface area contributed by atoms with Gasteiger partial charge >= 0.3 is 6.03 Å². The van der Waals surface area contributed by atoms with Crippen molar-refractivity contribution in [2.45, 2.75) is 19.5 Å². The van der Waals surface area contributed by atoms with Gasteiger partial charge in [-0.2, -0.15) is 5.10 Å². The summed E-state index contributed by atoms with van der Waals surface area (Å²) in [6, 6.07) is 11.3. The molecule has 128 valence electrons. The van der Waals surface area contributed by atoms with E-state index >= 15 is 0 Å². The van der Waals surface area contributed by atoms with Crippen LogP contribution in [0.5, 0.6) is 0 Å². The molecule has 2 aromatic heterocycles. The Balaban J connectivity index is 1.63. The summed E-state index contributed by atoms with van der Waals surface area (Å²) >= 11 is 0. The Morgan fingerprint density at radius 2 is 2.12 bits per heavy atom. The van der Waals surface area contributed by atoms with E-state index < -0.39 is 6.17 Å². The summed E-state index contributed by atoms with van der Waals surface area (Å²) in [6.45, 7) is 2.49. The first-order chi connectivity index (χ1) is 12.1. The second-order valence-electron chi connectivity index (χ2n) is 6.19. The highest BCUT2D eigenvalue weighted by Gasteiger charge is 2.26. The normalized spacial score (nSPS) is 17.2. The summed E-state index contributed by atoms with van der Waals surface area (Å²) < 4.78 is 15.0. The molecule has 2 amide bonds. The van der Waals surface area contributed by atoms with Gasteiger partial charge in [0, 0.05) is 11.9 Å². The van der Waals surface area contributed by atoms with Gasteiger partial charge < -0.3 is 10.2 Å². The zero-order valence-corrected chi connectivity index (χ0v) is 13.8. The number of benzene rings is 1. The molecule has 1 fully saturated rings. The van der Waals surface area contributed by atoms with Crippen LogP contribution in [0.25, 0.3) is 16.7 Å². The number of rotatable bonds is 2. The van der Waals surface area contributed by atoms with E-state index in [-0.39, 0.29) is 12.6 Å². The lowest BCUT2D eigenvalue weighted by molar-refractivity contribution is 0.218. The SMILES string of the molecule is Cc1nn(-c2ccccc2)c2ncc(NC(=O)N3CCC(F)C3)cc12. The molecule has 1 atom stereocenters. The molecule has 0 saturated carbocycles. The summed E-state index contributed by atoms with van der Waals surface area (Å²) in [4.78, 5) is 18.2. The van der Waals surface area contributed by atoms with Crippen LogP contribution in [0.3, 0.4) is 0 Å². The van der Waals surface area contributed by atoms with Crippen LogP contribution in [0.1, 0.15) is 12.1 Å². The average Bonchev–Trinajstić information content (AvgIpc) is 3.20. The van der Waals surface area contributed by atoms with Crippen molar-refractivity contribution < 1.29 is 9.18 Å². The molecule has 25 heavy (non-hydrogen) atoms. The summed E-state index contributed by atoms with van der Waals surface area (Å²) in [5.74, 6) is 0. The standard InChI is InChI=1S/C18H18FN5O/c1-12-16-9-14(21-18(25)23-8-7-13(19)11-23)10-20-17(16)24(22-12)15-5-3-2-4-6-15/h2-6,9-10,13H,7-8,11H2,1H3,(H,21,25). The fraction of sp³-hybridized carbons (Fsp3) is 0.278. The quantitative estimate of drug-likeness (QED) is 0.779. The first-order valence-corrected chi connectivity index (χ1v) is 8.22. The largest absolute Gasteiger partial charge is 0.322 e. The highest BCUT2D eigenvalue weighted by atomic mass is 19.1. The molecule has 0 aliphatic carbocycles. The van der Waals surface area contributed by atoms with Crippen LogP contribution in [-0.2, 0) is 0 Å². The molecule has 1 aliphatic heterocycles. The van der Waals surface area contributed by atoms with E-state index in [9.17, 15) is 9.18 Å². The number of urea groups is 1. The fourth-order valence-electron chi connectivity index (χ4n) is 3.07. The van der Waals surface area contributed by atoms with Crippen LogP contribution in [0.2, 0.25) is 0 Å². The predicted octanol–water partition coefficient (Wildman–Crippen LogP) is 3.30. The number of aromatic nitrogens is 3. The number of nitrogens with one attached hydrogen (secondary N) is 1. The van der Waals surface area contributed by atoms with Crippen LogP contribution in [0.4, 0.5) is 14.9 Å². The van der Waals surface area contributed by atoms with Crippen LogP contribution < -0.4 is 5.32 Å². The van der Waals surface area contributed by atoms with E-state index in [0.717, 1.165) is 22.4 Å². The molecule has 3 heterocycles. The lowest BCUT2D eigenvalue weighted by atomic mass is 10.2. The molecule has 7 heteroatoms. The van der Waals surface area contributed by atoms with Crippen molar-refractivity contribution in [3.63, 3.8) is 0 Å². The maximum absolute atomic E-state index is 13.3. The molecule has 1 aliphatic rings. The van der Waals surface area contributed by atoms with Crippen molar-refractivity contribution in [1.29, 1.82) is 0 Å². The molecule has 1 aromatic carbocycles. The maximum atomic E-state index is 13.3. The number of anilines is 1. The van der Waals surface area contributed by atoms with Gasteiger partial charge in [-0.1, -0.05) is 18.2 Å². The van der Waals surface area contributed by atoms with Crippen molar-refractivity contribution in [3.05, 3.63) is 48.3 Å². The van der Waals surface area contributed by atoms with E-state index in [4.69, 9.17) is 0 Å². The average molecular weight is 339 g/mol. The van der Waals surface area contributed by atoms with E-state index in [0.29, 0.717) is 18.7 Å². The maximum Gasteiger partial charge on any atom is 0.321 e. The number of likely N-dealkylation sites (tertiary alicyclic amines) is 1. The summed E-state index contributed by atoms with van der Waals surface area (Å²) in [6.07, 6.45) is 1.06. The first kappa shape index (κ1) is 15.6. The van der Waals surface area contributed by atoms with E-state index in [1.54, 1.807) is 10.9 Å². The van der Waals surface area contributed by atoms with Crippen molar-refractivity contribution in [1.82, 2.24) is 19.7 Å². The van der Waals surface area contributed by atoms with Crippen LogP contribution in [0.15, 0.2) is 42.6 Å². The Morgan fingerprint density at radius 3 is 2.84 bits per heavy atom. The Kier molecular flexibility index (Phi) is 3.83. The van der Waals surface area contributed by atoms with Crippen LogP contribution in [-0.4, -0.2) is 45.0 Å². The lowest BCUT2D eigenvalue weighted by Gasteiger charge is -2.16. The van der Waals surface area contributed by atoms with Gasteiger partial charge in [0.25, 0.3) is 0 Å². The number of fused-ring (bicyclic) bond motifs is 1. The highest BCUT2D eigenvalue weighted by molar-refractivity contribution is 5.92. The topological polar surface area (TPSA) is 63.1 Å². The smallest absolute Gasteiger partial charge is 0.321 e. The molecule has 0 bridgehead atoms. The number of carbonyl (C=O) groups excluding carboxylic acids is 1. The molecule has 1 saturated heterocycles. The number of carbonyl (C=O) groups is 1. The number of pyridine rings is 1. The molecule has 4 rings (SSSR count). The van der Waals surface area contributed by atoms with Crippen LogP contribution in [0, 0.1) is 6.92 Å². The zero-order valence-electron chi connectivity index (χ0n) is 13.8. The minimum atomic E-state index is -0.933. The third-order valence-electron chi connectivity index (χ3n) is 4.38. The van der Waals surface area contributed by atoms with Crippen molar-refractivity contribution in [2.24, 2.45) is 0 Å². The molecular weight excluding hydrogens is 321 g/mol. The minimum absolute atomic E-state index is 0.145. The number of hydrogen-bond donors (Lipinski definition) is 1. The minimum Gasteiger partial charge on any atom is -0.322 e. The second-order valence-corrected chi connectivity index (χ2v) is 6.19. The summed E-state index contributed by atoms with van der Waals surface area (Å²) in [5, 5.41) is 8.21. The molecule has 0 radical (unpaired) electrons. The second kappa shape index (κ2) is 6.16. The number of halogens is 1. The Labute approximate surface area is 144 Å². The van der Waals surface area contributed by atoms with Gasteiger partial charge in [0.2, 0.25) is 0 Å². The number of alkyl halides is 1. The number of aryl methyl sites for hydroxylation is 1. The number of amides is 2. The van der Waals surface area contributed by atoms with E-state index in [1.807, 2.05) is 43.3 Å². The van der Waals surface area contributed by atoms with Crippen molar-refractivity contribution >= 4 is 22.8 Å². The third kappa shape index (κ3) is 2.93. The van der Waals surface area contributed by atoms with Crippen LogP contribution >= 0.6 is 0 Å². The van der Waals surface area contributed by atoms with Crippen molar-refractivity contribution in [2.75, 3.05) is 18.4 Å². The number of hydrogen-bond acceptors (Lipinski definition) is 3. The summed E-state index contributed by atoms with van der Waals surface area (Å²) in [5.41, 5.74) is 3.06. The molecule has 0 spiro atoms. The third-order valence-corrected chi connectivity index (χ3v) is 4.38. The predicted molar refractivity (Wildman–Crippen MR) is 93.7 cm³/mol. The molecule has 1 unspecified atom stereocenters. The molecule has 6 nitrogen and oxygen atoms in total. The monoisotopic (exact) mass is 339 g/mol. The number of para-hydroxylation sites is 1. The van der Waals surface area contributed by atoms with E-state index in [2.05, 4.69) is 15.4 Å². The summed E-state index contributed by atoms with van der Waals surface area (Å²) in [7, 11) is 0. The zero-order chi connectivity index (χ0) is 17.4. The van der Waals surface area contributed by atoms with Gasteiger partial charge in [-0.3, -0.25) is 0 Å². The Bertz CT molecular complexity index is 924.